The monoisotopic (exact) mass is 777 g/mol. The molecule has 12 atom stereocenters. The van der Waals surface area contributed by atoms with Crippen LogP contribution in [0, 0.1) is 42.1 Å². The number of carbonyl (C=O) groups excluding carboxylic acids is 1. The highest BCUT2D eigenvalue weighted by atomic mass is 16.7. The summed E-state index contributed by atoms with van der Waals surface area (Å²) in [5.74, 6) is -0.0943. The second-order valence-electron chi connectivity index (χ2n) is 17.7. The molecule has 55 heavy (non-hydrogen) atoms. The Morgan fingerprint density at radius 3 is 2.56 bits per heavy atom. The molecule has 3 aliphatic carbocycles. The first kappa shape index (κ1) is 42.7. The summed E-state index contributed by atoms with van der Waals surface area (Å²) in [6.45, 7) is 3.86. The van der Waals surface area contributed by atoms with Gasteiger partial charge in [-0.05, 0) is 75.5 Å². The van der Waals surface area contributed by atoms with Gasteiger partial charge in [-0.15, -0.1) is 4.99 Å². The van der Waals surface area contributed by atoms with E-state index in [1.165, 1.54) is 32.1 Å². The molecule has 10 N–H and O–H groups in total. The average Bonchev–Trinajstić information content (AvgIpc) is 3.70. The van der Waals surface area contributed by atoms with Crippen molar-refractivity contribution in [2.24, 2.45) is 40.5 Å². The molecular weight excluding hydrogens is 706 g/mol. The Bertz CT molecular complexity index is 1300. The molecule has 3 saturated carbocycles. The number of hydrogen-bond acceptors (Lipinski definition) is 10. The third-order valence-electron chi connectivity index (χ3n) is 14.0. The first-order valence-electron chi connectivity index (χ1n) is 21.5. The Kier molecular flexibility index (Phi) is 15.7. The van der Waals surface area contributed by atoms with Gasteiger partial charge in [0.2, 0.25) is 0 Å². The number of aliphatic carboxylic acids is 1. The van der Waals surface area contributed by atoms with E-state index < -0.39 is 48.4 Å². The fraction of sp³-hybridized carbons (Fsp3) is 0.833. The number of nitrogens with two attached hydrogens (primary N) is 2. The van der Waals surface area contributed by atoms with E-state index in [1.54, 1.807) is 6.54 Å². The molecule has 12 unspecified atom stereocenters. The van der Waals surface area contributed by atoms with Crippen molar-refractivity contribution >= 4 is 12.2 Å². The molecule has 13 nitrogen and oxygen atoms in total. The van der Waals surface area contributed by atoms with Crippen LogP contribution >= 0.6 is 0 Å². The first-order valence-corrected chi connectivity index (χ1v) is 21.5. The SMILES string of the molecule is C[NH2+]CCC(CC=CC1CCCCC1)C(C[NH2+]CC1(O)C(OC2CCC3C(C2)[OH+]CC(C2CCC(O)CC2)C3O)OC(C(=O)[O-])C(O)C1O)CC1=C[CH+]N=C1. The van der Waals surface area contributed by atoms with Gasteiger partial charge in [-0.25, -0.2) is 0 Å². The third kappa shape index (κ3) is 10.8. The summed E-state index contributed by atoms with van der Waals surface area (Å²) in [5.41, 5.74) is -0.978. The van der Waals surface area contributed by atoms with Gasteiger partial charge >= 0.3 is 0 Å². The zero-order valence-electron chi connectivity index (χ0n) is 32.8. The lowest BCUT2D eigenvalue weighted by Gasteiger charge is -2.49. The van der Waals surface area contributed by atoms with E-state index in [4.69, 9.17) is 14.2 Å². The smallest absolute Gasteiger partial charge is 0.195 e. The summed E-state index contributed by atoms with van der Waals surface area (Å²) in [7, 11) is 2.08. The van der Waals surface area contributed by atoms with Crippen LogP contribution in [0.1, 0.15) is 96.3 Å². The Hall–Kier alpha value is -1.91. The van der Waals surface area contributed by atoms with Crippen molar-refractivity contribution in [1.82, 2.24) is 0 Å². The molecule has 6 aliphatic rings. The van der Waals surface area contributed by atoms with E-state index >= 15 is 0 Å². The normalized spacial score (nSPS) is 39.7. The number of carboxylic acid groups (broad SMARTS) is 1. The van der Waals surface area contributed by atoms with Gasteiger partial charge in [0.15, 0.2) is 30.8 Å². The van der Waals surface area contributed by atoms with Crippen LogP contribution in [-0.2, 0) is 14.3 Å². The Balaban J connectivity index is 1.12. The van der Waals surface area contributed by atoms with Gasteiger partial charge in [0.05, 0.1) is 62.3 Å². The highest BCUT2D eigenvalue weighted by Crippen LogP contribution is 2.43. The van der Waals surface area contributed by atoms with Gasteiger partial charge in [-0.1, -0.05) is 31.4 Å². The lowest BCUT2D eigenvalue weighted by molar-refractivity contribution is -0.681. The average molecular weight is 777 g/mol. The van der Waals surface area contributed by atoms with Crippen molar-refractivity contribution in [1.29, 1.82) is 0 Å². The molecule has 0 aromatic rings. The van der Waals surface area contributed by atoms with Crippen LogP contribution in [0.4, 0.5) is 0 Å². The van der Waals surface area contributed by atoms with Crippen LogP contribution in [0.25, 0.3) is 0 Å². The van der Waals surface area contributed by atoms with Gasteiger partial charge in [0, 0.05) is 25.2 Å². The molecule has 5 fully saturated rings. The van der Waals surface area contributed by atoms with E-state index in [0.717, 1.165) is 57.1 Å². The minimum atomic E-state index is -2.12. The minimum Gasteiger partial charge on any atom is -0.547 e. The number of hydrogen-bond donors (Lipinski definition) is 7. The molecule has 0 amide bonds. The molecule has 0 aromatic carbocycles. The number of aliphatic hydroxyl groups is 7. The number of allylic oxidation sites excluding steroid dienone is 3. The maximum Gasteiger partial charge on any atom is 0.195 e. The molecule has 0 bridgehead atoms. The zero-order chi connectivity index (χ0) is 39.0. The van der Waals surface area contributed by atoms with Crippen molar-refractivity contribution in [2.45, 2.75) is 151 Å². The van der Waals surface area contributed by atoms with Gasteiger partial charge in [0.1, 0.15) is 37.0 Å². The second kappa shape index (κ2) is 20.2. The van der Waals surface area contributed by atoms with Gasteiger partial charge < -0.3 is 60.3 Å². The standard InChI is InChI=1S/C42H67N3O10/c1-43-18-17-28(9-5-8-26-6-3-2-4-7-26)30(20-27-16-19-44-22-27)23-45-25-42(52)39(49)37(48)38(40(50)51)55-41(42)54-32-14-15-33-35(21-32)53-24-34(36(33)47)29-10-12-31(46)13-11-29/h5,8,16,19,22,26,28-39,41,43,45-49,52H,2-4,6-7,9-15,17-18,20-21,23-25H2,1H3/p+3. The Morgan fingerprint density at radius 2 is 1.85 bits per heavy atom. The number of fused-ring (bicyclic) bond motifs is 1. The maximum absolute atomic E-state index is 12.2. The summed E-state index contributed by atoms with van der Waals surface area (Å²) < 4.78 is 17.2. The molecule has 6 rings (SSSR count). The van der Waals surface area contributed by atoms with Crippen molar-refractivity contribution in [3.8, 4) is 0 Å². The van der Waals surface area contributed by atoms with Crippen LogP contribution in [0.15, 0.2) is 28.8 Å². The van der Waals surface area contributed by atoms with Crippen LogP contribution in [0.5, 0.6) is 0 Å². The molecule has 0 spiro atoms. The van der Waals surface area contributed by atoms with Gasteiger partial charge in [-0.2, -0.15) is 0 Å². The van der Waals surface area contributed by atoms with Crippen LogP contribution < -0.4 is 15.7 Å². The highest BCUT2D eigenvalue weighted by molar-refractivity contribution is 5.81. The molecule has 0 radical (unpaired) electrons. The minimum absolute atomic E-state index is 0.0290. The summed E-state index contributed by atoms with van der Waals surface area (Å²) in [4.78, 5) is 16.3. The maximum atomic E-state index is 12.2. The molecule has 3 heterocycles. The van der Waals surface area contributed by atoms with Crippen LogP contribution in [-0.4, -0.2) is 130 Å². The lowest BCUT2D eigenvalue weighted by atomic mass is 9.69. The summed E-state index contributed by atoms with van der Waals surface area (Å²) in [6, 6.07) is 0. The number of nitrogens with zero attached hydrogens (tertiary/aromatic N) is 1. The van der Waals surface area contributed by atoms with E-state index in [0.29, 0.717) is 50.2 Å². The van der Waals surface area contributed by atoms with Gasteiger partial charge in [-0.3, -0.25) is 0 Å². The van der Waals surface area contributed by atoms with Crippen LogP contribution in [0.2, 0.25) is 0 Å². The quantitative estimate of drug-likeness (QED) is 0.0547. The number of carbonyl (C=O) groups is 1. The number of aliphatic imine (C=N–C) groups is 1. The number of ether oxygens (including phenoxy) is 3. The highest BCUT2D eigenvalue weighted by Gasteiger charge is 2.59. The predicted molar refractivity (Wildman–Crippen MR) is 203 cm³/mol. The largest absolute Gasteiger partial charge is 0.547 e. The molecule has 2 saturated heterocycles. The van der Waals surface area contributed by atoms with Crippen LogP contribution in [0.3, 0.4) is 0 Å². The lowest BCUT2D eigenvalue weighted by Crippen LogP contribution is -2.93. The fourth-order valence-corrected chi connectivity index (χ4v) is 10.6. The number of aliphatic hydroxyl groups excluding tert-OH is 4. The summed E-state index contributed by atoms with van der Waals surface area (Å²) in [5, 5.41) is 72.1. The third-order valence-corrected chi connectivity index (χ3v) is 14.0. The Labute approximate surface area is 327 Å². The fourth-order valence-electron chi connectivity index (χ4n) is 10.6. The number of quaternary nitrogens is 2. The zero-order valence-corrected chi connectivity index (χ0v) is 32.8. The summed E-state index contributed by atoms with van der Waals surface area (Å²) >= 11 is 0. The molecule has 0 aromatic heterocycles. The van der Waals surface area contributed by atoms with Crippen molar-refractivity contribution in [3.05, 3.63) is 30.3 Å². The Morgan fingerprint density at radius 1 is 1.07 bits per heavy atom. The van der Waals surface area contributed by atoms with Gasteiger partial charge in [0.25, 0.3) is 0 Å². The van der Waals surface area contributed by atoms with E-state index in [1.807, 2.05) is 17.6 Å². The van der Waals surface area contributed by atoms with Crippen molar-refractivity contribution < 1.29 is 60.3 Å². The predicted octanol–water partition coefficient (Wildman–Crippen LogP) is -0.994. The summed E-state index contributed by atoms with van der Waals surface area (Å²) in [6.07, 6.45) is 14.3. The molecule has 13 heteroatoms. The van der Waals surface area contributed by atoms with Crippen molar-refractivity contribution in [2.75, 3.05) is 33.3 Å². The van der Waals surface area contributed by atoms with Crippen molar-refractivity contribution in [3.63, 3.8) is 0 Å². The topological polar surface area (TPSA) is 218 Å². The number of carboxylic acids is 1. The first-order chi connectivity index (χ1) is 26.6. The molecule has 310 valence electrons. The molecular formula is C42H70N3O10+3. The second-order valence-corrected chi connectivity index (χ2v) is 17.7. The van der Waals surface area contributed by atoms with E-state index in [2.05, 4.69) is 29.5 Å². The van der Waals surface area contributed by atoms with E-state index in [9.17, 15) is 35.4 Å². The molecule has 3 aliphatic heterocycles. The number of rotatable bonds is 17. The van der Waals surface area contributed by atoms with E-state index in [-0.39, 0.29) is 36.5 Å².